The number of carbonyl (C=O) groups is 1. The van der Waals surface area contributed by atoms with E-state index in [0.29, 0.717) is 11.8 Å². The largest absolute Gasteiger partial charge is 0.342 e. The molecule has 2 unspecified atom stereocenters. The van der Waals surface area contributed by atoms with Crippen molar-refractivity contribution in [1.29, 1.82) is 0 Å². The molecule has 0 aromatic heterocycles. The van der Waals surface area contributed by atoms with E-state index >= 15 is 0 Å². The third-order valence-corrected chi connectivity index (χ3v) is 7.01. The van der Waals surface area contributed by atoms with Crippen LogP contribution in [0.2, 0.25) is 0 Å². The van der Waals surface area contributed by atoms with Crippen LogP contribution in [0.1, 0.15) is 50.5 Å². The molecule has 3 nitrogen and oxygen atoms in total. The SMILES string of the molecule is O=C(C1CCN(CCCc2ccccc2)CC1)N1CC2CCCCC2C1. The van der Waals surface area contributed by atoms with Gasteiger partial charge in [-0.1, -0.05) is 43.2 Å². The molecule has 2 heterocycles. The summed E-state index contributed by atoms with van der Waals surface area (Å²) in [5.74, 6) is 2.39. The normalized spacial score (nSPS) is 27.5. The first kappa shape index (κ1) is 18.0. The Bertz CT molecular complexity index is 565. The van der Waals surface area contributed by atoms with Gasteiger partial charge in [0.1, 0.15) is 0 Å². The van der Waals surface area contributed by atoms with Crippen molar-refractivity contribution < 1.29 is 4.79 Å². The van der Waals surface area contributed by atoms with Crippen molar-refractivity contribution in [2.24, 2.45) is 17.8 Å². The Balaban J connectivity index is 1.18. The number of rotatable bonds is 5. The molecule has 3 heteroatoms. The Labute approximate surface area is 158 Å². The lowest BCUT2D eigenvalue weighted by atomic mass is 9.82. The van der Waals surface area contributed by atoms with Crippen LogP contribution >= 0.6 is 0 Å². The Morgan fingerprint density at radius 1 is 0.923 bits per heavy atom. The highest BCUT2D eigenvalue weighted by atomic mass is 16.2. The predicted molar refractivity (Wildman–Crippen MR) is 106 cm³/mol. The van der Waals surface area contributed by atoms with Crippen LogP contribution in [0.5, 0.6) is 0 Å². The third kappa shape index (κ3) is 4.31. The second-order valence-corrected chi connectivity index (χ2v) is 8.75. The molecule has 0 radical (unpaired) electrons. The number of carbonyl (C=O) groups excluding carboxylic acids is 1. The van der Waals surface area contributed by atoms with Gasteiger partial charge in [0.25, 0.3) is 0 Å². The summed E-state index contributed by atoms with van der Waals surface area (Å²) < 4.78 is 0. The average molecular weight is 355 g/mol. The van der Waals surface area contributed by atoms with Crippen LogP contribution in [0.4, 0.5) is 0 Å². The molecule has 4 rings (SSSR count). The summed E-state index contributed by atoms with van der Waals surface area (Å²) in [6.07, 6.45) is 9.98. The van der Waals surface area contributed by atoms with Crippen LogP contribution in [0.15, 0.2) is 30.3 Å². The molecule has 3 fully saturated rings. The fraction of sp³-hybridized carbons (Fsp3) is 0.696. The van der Waals surface area contributed by atoms with Crippen molar-refractivity contribution in [1.82, 2.24) is 9.80 Å². The van der Waals surface area contributed by atoms with Gasteiger partial charge in [-0.2, -0.15) is 0 Å². The van der Waals surface area contributed by atoms with Gasteiger partial charge in [0.2, 0.25) is 5.91 Å². The number of amides is 1. The molecular formula is C23H34N2O. The van der Waals surface area contributed by atoms with Gasteiger partial charge >= 0.3 is 0 Å². The first-order valence-corrected chi connectivity index (χ1v) is 10.8. The summed E-state index contributed by atoms with van der Waals surface area (Å²) in [4.78, 5) is 17.8. The van der Waals surface area contributed by atoms with Gasteiger partial charge in [0, 0.05) is 19.0 Å². The smallest absolute Gasteiger partial charge is 0.225 e. The van der Waals surface area contributed by atoms with Crippen molar-refractivity contribution in [2.75, 3.05) is 32.7 Å². The van der Waals surface area contributed by atoms with Gasteiger partial charge < -0.3 is 9.80 Å². The first-order valence-electron chi connectivity index (χ1n) is 10.8. The van der Waals surface area contributed by atoms with Crippen LogP contribution in [0.3, 0.4) is 0 Å². The number of fused-ring (bicyclic) bond motifs is 1. The van der Waals surface area contributed by atoms with E-state index in [4.69, 9.17) is 0 Å². The molecule has 1 aromatic carbocycles. The molecule has 2 atom stereocenters. The molecule has 2 aliphatic heterocycles. The number of piperidine rings is 1. The number of hydrogen-bond donors (Lipinski definition) is 0. The van der Waals surface area contributed by atoms with Gasteiger partial charge in [0.05, 0.1) is 0 Å². The maximum atomic E-state index is 13.0. The van der Waals surface area contributed by atoms with E-state index in [-0.39, 0.29) is 0 Å². The van der Waals surface area contributed by atoms with Gasteiger partial charge in [-0.05, 0) is 75.6 Å². The molecule has 3 aliphatic rings. The highest BCUT2D eigenvalue weighted by molar-refractivity contribution is 5.79. The Kier molecular flexibility index (Phi) is 5.94. The van der Waals surface area contributed by atoms with E-state index in [1.165, 1.54) is 44.2 Å². The highest BCUT2D eigenvalue weighted by Gasteiger charge is 2.38. The first-order chi connectivity index (χ1) is 12.8. The second kappa shape index (κ2) is 8.56. The lowest BCUT2D eigenvalue weighted by Gasteiger charge is -2.33. The van der Waals surface area contributed by atoms with E-state index in [9.17, 15) is 4.79 Å². The van der Waals surface area contributed by atoms with Crippen LogP contribution in [-0.2, 0) is 11.2 Å². The summed E-state index contributed by atoms with van der Waals surface area (Å²) in [7, 11) is 0. The van der Waals surface area contributed by atoms with E-state index < -0.39 is 0 Å². The zero-order valence-electron chi connectivity index (χ0n) is 16.1. The second-order valence-electron chi connectivity index (χ2n) is 8.75. The van der Waals surface area contributed by atoms with Gasteiger partial charge in [-0.25, -0.2) is 0 Å². The van der Waals surface area contributed by atoms with Crippen molar-refractivity contribution in [3.63, 3.8) is 0 Å². The van der Waals surface area contributed by atoms with Gasteiger partial charge in [0.15, 0.2) is 0 Å². The summed E-state index contributed by atoms with van der Waals surface area (Å²) >= 11 is 0. The Hall–Kier alpha value is -1.35. The monoisotopic (exact) mass is 354 g/mol. The molecular weight excluding hydrogens is 320 g/mol. The number of likely N-dealkylation sites (tertiary alicyclic amines) is 2. The standard InChI is InChI=1S/C23H34N2O/c26-23(25-17-21-10-4-5-11-22(21)18-25)20-12-15-24(16-13-20)14-6-9-19-7-2-1-3-8-19/h1-3,7-8,20-22H,4-6,9-18H2. The summed E-state index contributed by atoms with van der Waals surface area (Å²) in [6.45, 7) is 5.49. The zero-order valence-corrected chi connectivity index (χ0v) is 16.1. The average Bonchev–Trinajstić information content (AvgIpc) is 3.13. The van der Waals surface area contributed by atoms with Crippen LogP contribution in [-0.4, -0.2) is 48.4 Å². The number of benzene rings is 1. The predicted octanol–water partition coefficient (Wildman–Crippen LogP) is 3.98. The molecule has 142 valence electrons. The van der Waals surface area contributed by atoms with E-state index in [1.54, 1.807) is 0 Å². The van der Waals surface area contributed by atoms with Gasteiger partial charge in [-0.3, -0.25) is 4.79 Å². The summed E-state index contributed by atoms with van der Waals surface area (Å²) in [6, 6.07) is 10.8. The maximum Gasteiger partial charge on any atom is 0.225 e. The fourth-order valence-electron chi connectivity index (χ4n) is 5.40. The number of nitrogens with zero attached hydrogens (tertiary/aromatic N) is 2. The summed E-state index contributed by atoms with van der Waals surface area (Å²) in [5, 5.41) is 0. The molecule has 2 saturated heterocycles. The Morgan fingerprint density at radius 2 is 1.58 bits per heavy atom. The van der Waals surface area contributed by atoms with Crippen molar-refractivity contribution >= 4 is 5.91 Å². The van der Waals surface area contributed by atoms with Crippen molar-refractivity contribution in [2.45, 2.75) is 51.4 Å². The lowest BCUT2D eigenvalue weighted by molar-refractivity contribution is -0.136. The molecule has 26 heavy (non-hydrogen) atoms. The Morgan fingerprint density at radius 3 is 2.23 bits per heavy atom. The molecule has 0 N–H and O–H groups in total. The quantitative estimate of drug-likeness (QED) is 0.798. The van der Waals surface area contributed by atoms with Crippen LogP contribution in [0, 0.1) is 17.8 Å². The van der Waals surface area contributed by atoms with E-state index in [2.05, 4.69) is 40.1 Å². The lowest BCUT2D eigenvalue weighted by Crippen LogP contribution is -2.42. The zero-order chi connectivity index (χ0) is 17.8. The third-order valence-electron chi connectivity index (χ3n) is 7.01. The summed E-state index contributed by atoms with van der Waals surface area (Å²) in [5.41, 5.74) is 1.44. The minimum Gasteiger partial charge on any atom is -0.342 e. The number of hydrogen-bond acceptors (Lipinski definition) is 2. The molecule has 1 aromatic rings. The van der Waals surface area contributed by atoms with Crippen molar-refractivity contribution in [3.05, 3.63) is 35.9 Å². The molecule has 1 saturated carbocycles. The number of aryl methyl sites for hydroxylation is 1. The molecule has 1 aliphatic carbocycles. The molecule has 0 bridgehead atoms. The maximum absolute atomic E-state index is 13.0. The van der Waals surface area contributed by atoms with Crippen molar-refractivity contribution in [3.8, 4) is 0 Å². The molecule has 0 spiro atoms. The van der Waals surface area contributed by atoms with Crippen LogP contribution < -0.4 is 0 Å². The highest BCUT2D eigenvalue weighted by Crippen LogP contribution is 2.37. The van der Waals surface area contributed by atoms with E-state index in [0.717, 1.165) is 57.3 Å². The fourth-order valence-corrected chi connectivity index (χ4v) is 5.40. The van der Waals surface area contributed by atoms with Gasteiger partial charge in [-0.15, -0.1) is 0 Å². The van der Waals surface area contributed by atoms with Crippen LogP contribution in [0.25, 0.3) is 0 Å². The minimum atomic E-state index is 0.292. The minimum absolute atomic E-state index is 0.292. The van der Waals surface area contributed by atoms with E-state index in [1.807, 2.05) is 0 Å². The molecule has 1 amide bonds. The topological polar surface area (TPSA) is 23.6 Å².